The number of halogens is 3. The first-order valence-corrected chi connectivity index (χ1v) is 9.75. The Kier molecular flexibility index (Phi) is 6.70. The van der Waals surface area contributed by atoms with Crippen LogP contribution in [-0.4, -0.2) is 32.4 Å². The number of hydrogen-bond donors (Lipinski definition) is 1. The fourth-order valence-electron chi connectivity index (χ4n) is 2.61. The van der Waals surface area contributed by atoms with E-state index in [0.717, 1.165) is 16.8 Å². The molecule has 2 heterocycles. The quantitative estimate of drug-likeness (QED) is 0.579. The monoisotopic (exact) mass is 462 g/mol. The summed E-state index contributed by atoms with van der Waals surface area (Å²) in [5, 5.41) is 6.42. The number of rotatable bonds is 5. The molecule has 0 saturated heterocycles. The minimum Gasteiger partial charge on any atom is -0.489 e. The van der Waals surface area contributed by atoms with Gasteiger partial charge < -0.3 is 14.8 Å². The van der Waals surface area contributed by atoms with Crippen molar-refractivity contribution >= 4 is 17.7 Å². The van der Waals surface area contributed by atoms with Crippen LogP contribution < -0.4 is 10.1 Å². The molecule has 1 amide bonds. The zero-order valence-corrected chi connectivity index (χ0v) is 18.0. The van der Waals surface area contributed by atoms with Crippen molar-refractivity contribution in [3.05, 3.63) is 71.8 Å². The predicted molar refractivity (Wildman–Crippen MR) is 112 cm³/mol. The van der Waals surface area contributed by atoms with Gasteiger partial charge in [-0.1, -0.05) is 6.07 Å². The van der Waals surface area contributed by atoms with Crippen molar-refractivity contribution < 1.29 is 32.2 Å². The second-order valence-corrected chi connectivity index (χ2v) is 7.97. The van der Waals surface area contributed by atoms with Crippen molar-refractivity contribution in [2.24, 2.45) is 0 Å². The summed E-state index contributed by atoms with van der Waals surface area (Å²) < 4.78 is 50.1. The van der Waals surface area contributed by atoms with E-state index in [-0.39, 0.29) is 23.7 Å². The van der Waals surface area contributed by atoms with Crippen molar-refractivity contribution in [3.8, 4) is 5.75 Å². The van der Waals surface area contributed by atoms with Gasteiger partial charge in [-0.2, -0.15) is 23.0 Å². The van der Waals surface area contributed by atoms with Crippen LogP contribution in [-0.2, 0) is 17.5 Å². The molecule has 0 atom stereocenters. The lowest BCUT2D eigenvalue weighted by Crippen LogP contribution is -2.27. The van der Waals surface area contributed by atoms with E-state index in [0.29, 0.717) is 5.56 Å². The third-order valence-electron chi connectivity index (χ3n) is 4.04. The van der Waals surface area contributed by atoms with Crippen LogP contribution in [0.3, 0.4) is 0 Å². The van der Waals surface area contributed by atoms with Crippen LogP contribution in [0.25, 0.3) is 0 Å². The molecule has 0 bridgehead atoms. The molecule has 0 spiro atoms. The molecule has 3 aromatic rings. The molecule has 0 unspecified atom stereocenters. The number of nitrogens with zero attached hydrogens (tertiary/aromatic N) is 3. The highest BCUT2D eigenvalue weighted by atomic mass is 19.4. The Morgan fingerprint density at radius 1 is 1.12 bits per heavy atom. The molecule has 8 nitrogen and oxygen atoms in total. The number of aromatic nitrogens is 3. The van der Waals surface area contributed by atoms with Gasteiger partial charge in [-0.25, -0.2) is 4.79 Å². The number of amides is 1. The average molecular weight is 462 g/mol. The van der Waals surface area contributed by atoms with Crippen molar-refractivity contribution in [1.29, 1.82) is 0 Å². The highest BCUT2D eigenvalue weighted by molar-refractivity contribution is 6.02. The van der Waals surface area contributed by atoms with E-state index < -0.39 is 29.3 Å². The first kappa shape index (κ1) is 23.8. The van der Waals surface area contributed by atoms with Gasteiger partial charge in [0.25, 0.3) is 5.91 Å². The van der Waals surface area contributed by atoms with Gasteiger partial charge in [0.15, 0.2) is 0 Å². The van der Waals surface area contributed by atoms with E-state index >= 15 is 0 Å². The summed E-state index contributed by atoms with van der Waals surface area (Å²) in [5.74, 6) is -0.526. The van der Waals surface area contributed by atoms with Crippen molar-refractivity contribution in [2.45, 2.75) is 39.2 Å². The first-order chi connectivity index (χ1) is 15.4. The highest BCUT2D eigenvalue weighted by Gasteiger charge is 2.30. The van der Waals surface area contributed by atoms with E-state index in [1.54, 1.807) is 26.8 Å². The maximum atomic E-state index is 12.8. The smallest absolute Gasteiger partial charge is 0.435 e. The normalized spacial score (nSPS) is 11.7. The van der Waals surface area contributed by atoms with Gasteiger partial charge in [0.1, 0.15) is 23.7 Å². The molecule has 33 heavy (non-hydrogen) atoms. The number of benzene rings is 1. The largest absolute Gasteiger partial charge is 0.489 e. The van der Waals surface area contributed by atoms with Crippen molar-refractivity contribution in [1.82, 2.24) is 14.8 Å². The number of alkyl halides is 3. The van der Waals surface area contributed by atoms with Gasteiger partial charge in [0.2, 0.25) is 0 Å². The summed E-state index contributed by atoms with van der Waals surface area (Å²) in [6.45, 7) is 5.08. The van der Waals surface area contributed by atoms with Crippen LogP contribution in [0.1, 0.15) is 42.4 Å². The van der Waals surface area contributed by atoms with Crippen LogP contribution >= 0.6 is 0 Å². The Balaban J connectivity index is 1.63. The number of carbonyl (C=O) groups excluding carboxylic acids is 2. The summed E-state index contributed by atoms with van der Waals surface area (Å²) in [5.41, 5.74) is -0.699. The molecule has 0 fully saturated rings. The molecular weight excluding hydrogens is 441 g/mol. The molecule has 0 aliphatic heterocycles. The number of anilines is 1. The fraction of sp³-hybridized carbons (Fsp3) is 0.273. The molecule has 3 rings (SSSR count). The molecule has 0 radical (unpaired) electrons. The van der Waals surface area contributed by atoms with Gasteiger partial charge in [0.05, 0.1) is 23.6 Å². The van der Waals surface area contributed by atoms with Crippen LogP contribution in [0.4, 0.5) is 23.7 Å². The van der Waals surface area contributed by atoms with Gasteiger partial charge >= 0.3 is 12.3 Å². The minimum absolute atomic E-state index is 0.0437. The number of ether oxygens (including phenoxy) is 2. The molecule has 2 aromatic heterocycles. The van der Waals surface area contributed by atoms with Crippen LogP contribution in [0, 0.1) is 0 Å². The lowest BCUT2D eigenvalue weighted by molar-refractivity contribution is -0.137. The molecule has 11 heteroatoms. The number of carbonyl (C=O) groups is 2. The van der Waals surface area contributed by atoms with Gasteiger partial charge in [-0.15, -0.1) is 0 Å². The second-order valence-electron chi connectivity index (χ2n) is 7.97. The summed E-state index contributed by atoms with van der Waals surface area (Å²) in [4.78, 5) is 28.5. The Labute approximate surface area is 187 Å². The summed E-state index contributed by atoms with van der Waals surface area (Å²) in [7, 11) is 0. The van der Waals surface area contributed by atoms with Crippen LogP contribution in [0.5, 0.6) is 5.75 Å². The van der Waals surface area contributed by atoms with Gasteiger partial charge in [0, 0.05) is 6.20 Å². The standard InChI is InChI=1S/C22H21F3N4O4/c1-21(2,3)33-20(31)29-12-16(11-27-29)28-19(30)18-9-14(7-8-26-18)13-32-17-6-4-5-15(10-17)22(23,24)25/h4-12H,13H2,1-3H3,(H,28,30). The Morgan fingerprint density at radius 2 is 1.88 bits per heavy atom. The zero-order chi connectivity index (χ0) is 24.2. The Hall–Kier alpha value is -3.89. The van der Waals surface area contributed by atoms with E-state index in [1.165, 1.54) is 36.8 Å². The van der Waals surface area contributed by atoms with Crippen LogP contribution in [0.15, 0.2) is 55.0 Å². The Bertz CT molecular complexity index is 1150. The van der Waals surface area contributed by atoms with Gasteiger partial charge in [-0.3, -0.25) is 9.78 Å². The summed E-state index contributed by atoms with van der Waals surface area (Å²) in [6, 6.07) is 7.53. The third kappa shape index (κ3) is 6.79. The molecule has 0 aliphatic rings. The number of hydrogen-bond acceptors (Lipinski definition) is 6. The second kappa shape index (κ2) is 9.31. The SMILES string of the molecule is CC(C)(C)OC(=O)n1cc(NC(=O)c2cc(COc3cccc(C(F)(F)F)c3)ccn2)cn1. The number of pyridine rings is 1. The predicted octanol–water partition coefficient (Wildman–Crippen LogP) is 4.91. The fourth-order valence-corrected chi connectivity index (χ4v) is 2.61. The molecular formula is C22H21F3N4O4. The topological polar surface area (TPSA) is 95.3 Å². The average Bonchev–Trinajstić information content (AvgIpc) is 3.19. The Morgan fingerprint density at radius 3 is 2.58 bits per heavy atom. The van der Waals surface area contributed by atoms with Crippen LogP contribution in [0.2, 0.25) is 0 Å². The maximum absolute atomic E-state index is 12.8. The number of nitrogens with one attached hydrogen (secondary N) is 1. The summed E-state index contributed by atoms with van der Waals surface area (Å²) in [6.07, 6.45) is -1.22. The molecule has 174 valence electrons. The zero-order valence-electron chi connectivity index (χ0n) is 18.0. The van der Waals surface area contributed by atoms with E-state index in [9.17, 15) is 22.8 Å². The molecule has 0 aliphatic carbocycles. The lowest BCUT2D eigenvalue weighted by atomic mass is 10.2. The first-order valence-electron chi connectivity index (χ1n) is 9.75. The third-order valence-corrected chi connectivity index (χ3v) is 4.04. The minimum atomic E-state index is -4.47. The molecule has 1 N–H and O–H groups in total. The summed E-state index contributed by atoms with van der Waals surface area (Å²) >= 11 is 0. The van der Waals surface area contributed by atoms with Gasteiger partial charge in [-0.05, 0) is 56.7 Å². The molecule has 0 saturated carbocycles. The van der Waals surface area contributed by atoms with E-state index in [1.807, 2.05) is 0 Å². The van der Waals surface area contributed by atoms with Crippen molar-refractivity contribution in [2.75, 3.05) is 5.32 Å². The van der Waals surface area contributed by atoms with Crippen molar-refractivity contribution in [3.63, 3.8) is 0 Å². The maximum Gasteiger partial charge on any atom is 0.435 e. The highest BCUT2D eigenvalue weighted by Crippen LogP contribution is 2.31. The van der Waals surface area contributed by atoms with E-state index in [4.69, 9.17) is 9.47 Å². The van der Waals surface area contributed by atoms with E-state index in [2.05, 4.69) is 15.4 Å². The lowest BCUT2D eigenvalue weighted by Gasteiger charge is -2.18. The molecule has 1 aromatic carbocycles.